The first kappa shape index (κ1) is 28.8. The highest BCUT2D eigenvalue weighted by Gasteiger charge is 2.19. The van der Waals surface area contributed by atoms with Gasteiger partial charge in [0, 0.05) is 53.1 Å². The molecule has 0 aliphatic carbocycles. The van der Waals surface area contributed by atoms with E-state index in [2.05, 4.69) is 9.80 Å². The van der Waals surface area contributed by atoms with Crippen molar-refractivity contribution in [2.24, 2.45) is 0 Å². The van der Waals surface area contributed by atoms with Crippen molar-refractivity contribution < 1.29 is 38.1 Å². The minimum Gasteiger partial charge on any atom is -0.462 e. The smallest absolute Gasteiger partial charge is 0.341 e. The summed E-state index contributed by atoms with van der Waals surface area (Å²) in [5.41, 5.74) is 0.464. The van der Waals surface area contributed by atoms with Crippen LogP contribution in [0.5, 0.6) is 11.5 Å². The summed E-state index contributed by atoms with van der Waals surface area (Å²) in [6.07, 6.45) is 1.40. The number of ether oxygens (including phenoxy) is 4. The number of carbonyl (C=O) groups is 4. The fraction of sp³-hybridized carbons (Fsp3) is 0.429. The van der Waals surface area contributed by atoms with E-state index in [0.29, 0.717) is 12.8 Å². The zero-order chi connectivity index (χ0) is 27.3. The minimum absolute atomic E-state index is 0.197. The molecule has 3 rings (SSSR count). The molecule has 1 aliphatic heterocycles. The largest absolute Gasteiger partial charge is 0.462 e. The second kappa shape index (κ2) is 14.8. The number of benzene rings is 2. The number of esters is 4. The third-order valence-corrected chi connectivity index (χ3v) is 5.89. The Bertz CT molecular complexity index is 1020. The van der Waals surface area contributed by atoms with Crippen LogP contribution < -0.4 is 9.47 Å². The highest BCUT2D eigenvalue weighted by molar-refractivity contribution is 5.94. The number of hydrogen-bond acceptors (Lipinski definition) is 10. The lowest BCUT2D eigenvalue weighted by Gasteiger charge is -2.34. The average Bonchev–Trinajstić information content (AvgIpc) is 2.89. The minimum atomic E-state index is -0.512. The van der Waals surface area contributed by atoms with Crippen LogP contribution in [0.3, 0.4) is 0 Å². The molecular weight excluding hydrogens is 492 g/mol. The zero-order valence-electron chi connectivity index (χ0n) is 21.9. The van der Waals surface area contributed by atoms with Crippen LogP contribution in [-0.4, -0.2) is 86.2 Å². The van der Waals surface area contributed by atoms with Gasteiger partial charge in [0.2, 0.25) is 0 Å². The van der Waals surface area contributed by atoms with E-state index in [1.54, 1.807) is 48.5 Å². The third kappa shape index (κ3) is 9.28. The van der Waals surface area contributed by atoms with Crippen molar-refractivity contribution in [1.29, 1.82) is 0 Å². The highest BCUT2D eigenvalue weighted by Crippen LogP contribution is 2.20. The molecule has 1 fully saturated rings. The van der Waals surface area contributed by atoms with Crippen molar-refractivity contribution in [3.63, 3.8) is 0 Å². The van der Waals surface area contributed by atoms with E-state index in [0.717, 1.165) is 39.3 Å². The van der Waals surface area contributed by atoms with Gasteiger partial charge in [-0.15, -0.1) is 0 Å². The Hall–Kier alpha value is -3.76. The van der Waals surface area contributed by atoms with Crippen LogP contribution in [0.25, 0.3) is 0 Å². The SMILES string of the molecule is CC(=O)Oc1ccccc1C(=O)OCCCN1CCN(CCCOC(=O)c2ccccc2OC(C)=O)CC1. The Kier molecular flexibility index (Phi) is 11.3. The Morgan fingerprint density at radius 1 is 0.632 bits per heavy atom. The Morgan fingerprint density at radius 3 is 1.37 bits per heavy atom. The third-order valence-electron chi connectivity index (χ3n) is 5.89. The van der Waals surface area contributed by atoms with E-state index >= 15 is 0 Å². The maximum atomic E-state index is 12.4. The quantitative estimate of drug-likeness (QED) is 0.232. The van der Waals surface area contributed by atoms with Gasteiger partial charge in [-0.25, -0.2) is 9.59 Å². The molecule has 0 spiro atoms. The molecule has 0 N–H and O–H groups in total. The molecule has 0 unspecified atom stereocenters. The predicted molar refractivity (Wildman–Crippen MR) is 138 cm³/mol. The van der Waals surface area contributed by atoms with Gasteiger partial charge in [0.25, 0.3) is 0 Å². The van der Waals surface area contributed by atoms with Crippen molar-refractivity contribution >= 4 is 23.9 Å². The molecule has 204 valence electrons. The Morgan fingerprint density at radius 2 is 1.00 bits per heavy atom. The van der Waals surface area contributed by atoms with Gasteiger partial charge >= 0.3 is 23.9 Å². The highest BCUT2D eigenvalue weighted by atomic mass is 16.6. The first-order valence-corrected chi connectivity index (χ1v) is 12.7. The predicted octanol–water partition coefficient (Wildman–Crippen LogP) is 2.95. The van der Waals surface area contributed by atoms with Gasteiger partial charge in [-0.05, 0) is 37.1 Å². The number of carbonyl (C=O) groups excluding carboxylic acids is 4. The molecule has 0 amide bonds. The summed E-state index contributed by atoms with van der Waals surface area (Å²) in [5, 5.41) is 0. The molecule has 10 nitrogen and oxygen atoms in total. The summed E-state index contributed by atoms with van der Waals surface area (Å²) >= 11 is 0. The maximum absolute atomic E-state index is 12.4. The van der Waals surface area contributed by atoms with Gasteiger partial charge < -0.3 is 28.7 Å². The molecule has 1 saturated heterocycles. The average molecular weight is 527 g/mol. The van der Waals surface area contributed by atoms with Crippen LogP contribution in [0.4, 0.5) is 0 Å². The lowest BCUT2D eigenvalue weighted by atomic mass is 10.2. The van der Waals surface area contributed by atoms with Gasteiger partial charge in [0.05, 0.1) is 13.2 Å². The van der Waals surface area contributed by atoms with Gasteiger partial charge in [-0.1, -0.05) is 24.3 Å². The summed E-state index contributed by atoms with van der Waals surface area (Å²) in [6, 6.07) is 13.0. The molecule has 10 heteroatoms. The van der Waals surface area contributed by atoms with E-state index in [4.69, 9.17) is 18.9 Å². The van der Waals surface area contributed by atoms with Crippen LogP contribution >= 0.6 is 0 Å². The van der Waals surface area contributed by atoms with Crippen LogP contribution in [-0.2, 0) is 19.1 Å². The molecule has 0 atom stereocenters. The second-order valence-corrected chi connectivity index (χ2v) is 8.84. The fourth-order valence-electron chi connectivity index (χ4n) is 4.06. The lowest BCUT2D eigenvalue weighted by molar-refractivity contribution is -0.132. The van der Waals surface area contributed by atoms with Crippen LogP contribution in [0.15, 0.2) is 48.5 Å². The topological polar surface area (TPSA) is 112 Å². The fourth-order valence-corrected chi connectivity index (χ4v) is 4.06. The molecule has 0 aromatic heterocycles. The van der Waals surface area contributed by atoms with Crippen molar-refractivity contribution in [1.82, 2.24) is 9.80 Å². The standard InChI is InChI=1S/C28H34N2O8/c1-21(31)37-25-11-5-3-9-23(25)27(33)35-19-7-13-29-15-17-30(18-16-29)14-8-20-36-28(34)24-10-4-6-12-26(24)38-22(2)32/h3-6,9-12H,7-8,13-20H2,1-2H3. The molecular formula is C28H34N2O8. The van der Waals surface area contributed by atoms with Gasteiger partial charge in [-0.2, -0.15) is 0 Å². The number of piperazine rings is 1. The summed E-state index contributed by atoms with van der Waals surface area (Å²) in [4.78, 5) is 51.8. The molecule has 0 bridgehead atoms. The molecule has 2 aromatic rings. The number of para-hydroxylation sites is 2. The molecule has 38 heavy (non-hydrogen) atoms. The monoisotopic (exact) mass is 526 g/mol. The molecule has 1 aliphatic rings. The van der Waals surface area contributed by atoms with Gasteiger partial charge in [0.15, 0.2) is 0 Å². The van der Waals surface area contributed by atoms with E-state index in [1.165, 1.54) is 13.8 Å². The van der Waals surface area contributed by atoms with E-state index in [1.807, 2.05) is 0 Å². The first-order chi connectivity index (χ1) is 18.3. The van der Waals surface area contributed by atoms with Gasteiger partial charge in [-0.3, -0.25) is 9.59 Å². The van der Waals surface area contributed by atoms with E-state index in [-0.39, 0.29) is 35.8 Å². The molecule has 2 aromatic carbocycles. The Balaban J connectivity index is 1.28. The van der Waals surface area contributed by atoms with E-state index < -0.39 is 23.9 Å². The summed E-state index contributed by atoms with van der Waals surface area (Å²) < 4.78 is 20.9. The number of rotatable bonds is 12. The summed E-state index contributed by atoms with van der Waals surface area (Å²) in [5.74, 6) is -1.62. The maximum Gasteiger partial charge on any atom is 0.341 e. The van der Waals surface area contributed by atoms with Crippen molar-refractivity contribution in [3.05, 3.63) is 59.7 Å². The van der Waals surface area contributed by atoms with Crippen molar-refractivity contribution in [3.8, 4) is 11.5 Å². The van der Waals surface area contributed by atoms with Crippen LogP contribution in [0.2, 0.25) is 0 Å². The van der Waals surface area contributed by atoms with E-state index in [9.17, 15) is 19.2 Å². The van der Waals surface area contributed by atoms with Gasteiger partial charge in [0.1, 0.15) is 22.6 Å². The normalized spacial score (nSPS) is 13.9. The molecule has 1 heterocycles. The first-order valence-electron chi connectivity index (χ1n) is 12.7. The molecule has 0 radical (unpaired) electrons. The lowest BCUT2D eigenvalue weighted by Crippen LogP contribution is -2.47. The Labute approximate surface area is 222 Å². The number of nitrogens with zero attached hydrogens (tertiary/aromatic N) is 2. The summed E-state index contributed by atoms with van der Waals surface area (Å²) in [6.45, 7) is 8.35. The molecule has 0 saturated carbocycles. The second-order valence-electron chi connectivity index (χ2n) is 8.84. The van der Waals surface area contributed by atoms with Crippen molar-refractivity contribution in [2.75, 3.05) is 52.5 Å². The zero-order valence-corrected chi connectivity index (χ0v) is 21.9. The van der Waals surface area contributed by atoms with Crippen LogP contribution in [0, 0.1) is 0 Å². The van der Waals surface area contributed by atoms with Crippen molar-refractivity contribution in [2.45, 2.75) is 26.7 Å². The number of hydrogen-bond donors (Lipinski definition) is 0. The summed E-state index contributed by atoms with van der Waals surface area (Å²) in [7, 11) is 0. The van der Waals surface area contributed by atoms with Crippen LogP contribution in [0.1, 0.15) is 47.4 Å².